The van der Waals surface area contributed by atoms with Crippen LogP contribution in [0.15, 0.2) is 23.6 Å². The minimum atomic E-state index is -4.55. The molecule has 2 heterocycles. The zero-order chi connectivity index (χ0) is 20.9. The van der Waals surface area contributed by atoms with Gasteiger partial charge >= 0.3 is 6.18 Å². The molecule has 13 heteroatoms. The van der Waals surface area contributed by atoms with Crippen LogP contribution in [0.25, 0.3) is 0 Å². The van der Waals surface area contributed by atoms with Crippen molar-refractivity contribution in [2.45, 2.75) is 23.9 Å². The number of rotatable bonds is 7. The second kappa shape index (κ2) is 9.45. The second-order valence-electron chi connectivity index (χ2n) is 6.28. The first kappa shape index (κ1) is 22.3. The summed E-state index contributed by atoms with van der Waals surface area (Å²) in [5.74, 6) is -2.09. The molecular weight excluding hydrogens is 405 g/mol. The fourth-order valence-corrected chi connectivity index (χ4v) is 3.13. The third-order valence-electron chi connectivity index (χ3n) is 4.07. The number of hydrogen-bond acceptors (Lipinski definition) is 8. The fraction of sp³-hybridized carbons (Fsp3) is 0.600. The Bertz CT molecular complexity index is 695. The van der Waals surface area contributed by atoms with Crippen molar-refractivity contribution in [1.82, 2.24) is 15.2 Å². The minimum absolute atomic E-state index is 0.0893. The fourth-order valence-electron chi connectivity index (χ4n) is 2.82. The van der Waals surface area contributed by atoms with Gasteiger partial charge in [0.2, 0.25) is 5.91 Å². The maximum atomic E-state index is 12.8. The Hall–Kier alpha value is -2.02. The summed E-state index contributed by atoms with van der Waals surface area (Å²) in [6, 6.07) is 1.18. The molecule has 156 valence electrons. The van der Waals surface area contributed by atoms with E-state index in [1.54, 1.807) is 11.9 Å². The molecule has 0 radical (unpaired) electrons. The van der Waals surface area contributed by atoms with E-state index in [0.29, 0.717) is 13.1 Å². The van der Waals surface area contributed by atoms with Crippen LogP contribution in [0.5, 0.6) is 5.75 Å². The van der Waals surface area contributed by atoms with Crippen molar-refractivity contribution in [2.75, 3.05) is 32.1 Å². The van der Waals surface area contributed by atoms with Crippen molar-refractivity contribution in [1.29, 1.82) is 0 Å². The van der Waals surface area contributed by atoms with Gasteiger partial charge in [0.15, 0.2) is 12.8 Å². The van der Waals surface area contributed by atoms with Crippen LogP contribution in [0.2, 0.25) is 0 Å². The summed E-state index contributed by atoms with van der Waals surface area (Å²) in [6.45, 7) is -0.733. The maximum absolute atomic E-state index is 12.8. The molecule has 0 spiro atoms. The van der Waals surface area contributed by atoms with Crippen LogP contribution in [0.4, 0.5) is 18.9 Å². The first-order chi connectivity index (χ1) is 13.1. The molecule has 2 rings (SSSR count). The number of carbonyl (C=O) groups excluding carboxylic acids is 1. The van der Waals surface area contributed by atoms with Crippen LogP contribution in [-0.4, -0.2) is 66.4 Å². The molecule has 1 fully saturated rings. The highest BCUT2D eigenvalue weighted by atomic mass is 35.5. The SMILES string of the molecule is CN1CC(Cl)CNC1C(C(=O)Nc1cnccc1OCC(F)(F)F)C(N)N=O. The highest BCUT2D eigenvalue weighted by Crippen LogP contribution is 2.27. The predicted molar refractivity (Wildman–Crippen MR) is 95.7 cm³/mol. The van der Waals surface area contributed by atoms with E-state index >= 15 is 0 Å². The first-order valence-electron chi connectivity index (χ1n) is 8.22. The van der Waals surface area contributed by atoms with Gasteiger partial charge in [-0.2, -0.15) is 13.2 Å². The predicted octanol–water partition coefficient (Wildman–Crippen LogP) is 1.10. The second-order valence-corrected chi connectivity index (χ2v) is 6.89. The lowest BCUT2D eigenvalue weighted by Gasteiger charge is -2.40. The van der Waals surface area contributed by atoms with Gasteiger partial charge < -0.3 is 15.8 Å². The van der Waals surface area contributed by atoms with Crippen molar-refractivity contribution >= 4 is 23.2 Å². The Balaban J connectivity index is 2.19. The molecule has 0 bridgehead atoms. The van der Waals surface area contributed by atoms with Crippen LogP contribution in [-0.2, 0) is 4.79 Å². The standard InChI is InChI=1S/C15H20ClF3N6O3/c1-25-6-8(16)4-22-13(25)11(12(20)24-27)14(26)23-9-5-21-3-2-10(9)28-7-15(17,18)19/h2-3,5,8,11-13,22H,4,6-7,20H2,1H3,(H,23,26). The van der Waals surface area contributed by atoms with Crippen LogP contribution < -0.4 is 21.1 Å². The van der Waals surface area contributed by atoms with Crippen LogP contribution >= 0.6 is 11.6 Å². The number of carbonyl (C=O) groups is 1. The number of nitrogens with two attached hydrogens (primary N) is 1. The van der Waals surface area contributed by atoms with Crippen molar-refractivity contribution in [2.24, 2.45) is 16.8 Å². The molecular formula is C15H20ClF3N6O3. The topological polar surface area (TPSA) is 122 Å². The number of ether oxygens (including phenoxy) is 1. The molecule has 1 aromatic rings. The van der Waals surface area contributed by atoms with Crippen molar-refractivity contribution < 1.29 is 22.7 Å². The Kier molecular flexibility index (Phi) is 7.52. The molecule has 1 amide bonds. The van der Waals surface area contributed by atoms with E-state index in [-0.39, 0.29) is 16.8 Å². The average molecular weight is 425 g/mol. The zero-order valence-electron chi connectivity index (χ0n) is 14.8. The highest BCUT2D eigenvalue weighted by molar-refractivity contribution is 6.21. The molecule has 1 aliphatic rings. The number of halogens is 4. The van der Waals surface area contributed by atoms with Gasteiger partial charge in [-0.25, -0.2) is 0 Å². The van der Waals surface area contributed by atoms with E-state index < -0.39 is 36.9 Å². The number of anilines is 1. The average Bonchev–Trinajstić information content (AvgIpc) is 2.62. The number of alkyl halides is 4. The maximum Gasteiger partial charge on any atom is 0.422 e. The molecule has 1 aromatic heterocycles. The summed E-state index contributed by atoms with van der Waals surface area (Å²) in [4.78, 5) is 29.3. The van der Waals surface area contributed by atoms with E-state index in [1.165, 1.54) is 12.3 Å². The van der Waals surface area contributed by atoms with Crippen molar-refractivity contribution in [3.8, 4) is 5.75 Å². The number of nitrogens with one attached hydrogen (secondary N) is 2. The van der Waals surface area contributed by atoms with E-state index in [2.05, 4.69) is 20.8 Å². The lowest BCUT2D eigenvalue weighted by atomic mass is 9.98. The Morgan fingerprint density at radius 3 is 2.93 bits per heavy atom. The zero-order valence-corrected chi connectivity index (χ0v) is 15.6. The number of nitroso groups, excluding NO2 is 1. The number of hydrogen-bond donors (Lipinski definition) is 3. The molecule has 4 N–H and O–H groups in total. The Morgan fingerprint density at radius 2 is 2.32 bits per heavy atom. The largest absolute Gasteiger partial charge is 0.482 e. The van der Waals surface area contributed by atoms with Gasteiger partial charge in [0.05, 0.1) is 17.7 Å². The van der Waals surface area contributed by atoms with Gasteiger partial charge in [-0.3, -0.25) is 20.0 Å². The normalized spacial score (nSPS) is 22.9. The number of nitrogens with zero attached hydrogens (tertiary/aromatic N) is 3. The smallest absolute Gasteiger partial charge is 0.422 e. The van der Waals surface area contributed by atoms with Crippen LogP contribution in [0.1, 0.15) is 0 Å². The monoisotopic (exact) mass is 424 g/mol. The van der Waals surface area contributed by atoms with E-state index in [1.807, 2.05) is 0 Å². The van der Waals surface area contributed by atoms with Crippen molar-refractivity contribution in [3.05, 3.63) is 23.4 Å². The molecule has 4 atom stereocenters. The van der Waals surface area contributed by atoms with E-state index in [9.17, 15) is 22.9 Å². The first-order valence-corrected chi connectivity index (χ1v) is 8.66. The van der Waals surface area contributed by atoms with Gasteiger partial charge in [0.25, 0.3) is 0 Å². The number of pyridine rings is 1. The lowest BCUT2D eigenvalue weighted by Crippen LogP contribution is -2.62. The molecule has 28 heavy (non-hydrogen) atoms. The Labute approximate surface area is 163 Å². The van der Waals surface area contributed by atoms with Crippen LogP contribution in [0.3, 0.4) is 0 Å². The summed E-state index contributed by atoms with van der Waals surface area (Å²) in [5.41, 5.74) is 5.63. The third-order valence-corrected chi connectivity index (χ3v) is 4.36. The Morgan fingerprint density at radius 1 is 1.61 bits per heavy atom. The summed E-state index contributed by atoms with van der Waals surface area (Å²) >= 11 is 6.06. The molecule has 4 unspecified atom stereocenters. The van der Waals surface area contributed by atoms with Gasteiger partial charge in [-0.05, 0) is 7.05 Å². The molecule has 9 nitrogen and oxygen atoms in total. The van der Waals surface area contributed by atoms with Crippen molar-refractivity contribution in [3.63, 3.8) is 0 Å². The third kappa shape index (κ3) is 5.99. The molecule has 0 saturated carbocycles. The molecule has 0 aliphatic carbocycles. The summed E-state index contributed by atoms with van der Waals surface area (Å²) in [7, 11) is 1.69. The quantitative estimate of drug-likeness (QED) is 0.442. The molecule has 1 aliphatic heterocycles. The van der Waals surface area contributed by atoms with E-state index in [0.717, 1.165) is 6.20 Å². The summed E-state index contributed by atoms with van der Waals surface area (Å²) < 4.78 is 42.0. The van der Waals surface area contributed by atoms with E-state index in [4.69, 9.17) is 22.1 Å². The lowest BCUT2D eigenvalue weighted by molar-refractivity contribution is -0.153. The minimum Gasteiger partial charge on any atom is -0.482 e. The highest BCUT2D eigenvalue weighted by Gasteiger charge is 2.40. The molecule has 0 aromatic carbocycles. The summed E-state index contributed by atoms with van der Waals surface area (Å²) in [5, 5.41) is 7.98. The van der Waals surface area contributed by atoms with Gasteiger partial charge in [0.1, 0.15) is 17.4 Å². The van der Waals surface area contributed by atoms with Gasteiger partial charge in [0, 0.05) is 25.4 Å². The number of aromatic nitrogens is 1. The number of amides is 1. The summed E-state index contributed by atoms with van der Waals surface area (Å²) in [6.07, 6.45) is -4.26. The molecule has 1 saturated heterocycles. The van der Waals surface area contributed by atoms with Gasteiger partial charge in [-0.1, -0.05) is 5.18 Å². The van der Waals surface area contributed by atoms with Gasteiger partial charge in [-0.15, -0.1) is 16.5 Å². The van der Waals surface area contributed by atoms with Crippen LogP contribution in [0, 0.1) is 10.8 Å².